The van der Waals surface area contributed by atoms with Crippen LogP contribution in [0.5, 0.6) is 0 Å². The van der Waals surface area contributed by atoms with Gasteiger partial charge in [-0.1, -0.05) is 0 Å². The van der Waals surface area contributed by atoms with Crippen LogP contribution in [0.4, 0.5) is 14.5 Å². The fraction of sp³-hybridized carbons (Fsp3) is 0.273. The molecule has 0 radical (unpaired) electrons. The Balaban J connectivity index is 2.28. The molecule has 0 aliphatic heterocycles. The zero-order valence-electron chi connectivity index (χ0n) is 11.1. The van der Waals surface area contributed by atoms with Gasteiger partial charge in [0.05, 0.1) is 19.0 Å². The smallest absolute Gasteiger partial charge is 0.358 e. The summed E-state index contributed by atoms with van der Waals surface area (Å²) in [5, 5.41) is 9.49. The molecule has 2 heterocycles. The van der Waals surface area contributed by atoms with E-state index in [1.807, 2.05) is 0 Å². The van der Waals surface area contributed by atoms with E-state index in [-0.39, 0.29) is 21.8 Å². The number of nitrogens with zero attached hydrogens (tertiary/aromatic N) is 4. The van der Waals surface area contributed by atoms with Gasteiger partial charge in [-0.15, -0.1) is 0 Å². The highest BCUT2D eigenvalue weighted by Crippen LogP contribution is 2.18. The van der Waals surface area contributed by atoms with Crippen molar-refractivity contribution >= 4 is 17.6 Å². The van der Waals surface area contributed by atoms with Crippen molar-refractivity contribution in [2.24, 2.45) is 7.05 Å². The number of aryl methyl sites for hydroxylation is 1. The highest BCUT2D eigenvalue weighted by Gasteiger charge is 2.22. The summed E-state index contributed by atoms with van der Waals surface area (Å²) in [5.74, 6) is -1.56. The molecule has 0 bridgehead atoms. The fourth-order valence-electron chi connectivity index (χ4n) is 1.70. The standard InChI is InChI=1S/C11H11F2N5O3/c1-17-8(10(20)21-2)6(5-15-17)16-9(19)7-3-4-14-18(7)11(12)13/h3-5,11H,1-2H3,(H,16,19). The lowest BCUT2D eigenvalue weighted by Gasteiger charge is -2.08. The fourth-order valence-corrected chi connectivity index (χ4v) is 1.70. The number of hydrogen-bond acceptors (Lipinski definition) is 5. The summed E-state index contributed by atoms with van der Waals surface area (Å²) < 4.78 is 31.3. The molecular formula is C11H11F2N5O3. The number of ether oxygens (including phenoxy) is 1. The number of nitrogens with one attached hydrogen (secondary N) is 1. The van der Waals surface area contributed by atoms with Crippen LogP contribution in [0.15, 0.2) is 18.5 Å². The maximum Gasteiger partial charge on any atom is 0.358 e. The summed E-state index contributed by atoms with van der Waals surface area (Å²) in [6.07, 6.45) is 2.29. The van der Waals surface area contributed by atoms with Gasteiger partial charge in [-0.3, -0.25) is 9.48 Å². The van der Waals surface area contributed by atoms with E-state index in [0.29, 0.717) is 0 Å². The lowest BCUT2D eigenvalue weighted by atomic mass is 10.3. The van der Waals surface area contributed by atoms with Crippen molar-refractivity contribution in [1.82, 2.24) is 19.6 Å². The molecule has 0 aliphatic rings. The highest BCUT2D eigenvalue weighted by molar-refractivity contribution is 6.06. The van der Waals surface area contributed by atoms with Crippen molar-refractivity contribution in [3.05, 3.63) is 29.8 Å². The molecule has 0 saturated carbocycles. The van der Waals surface area contributed by atoms with Gasteiger partial charge in [-0.05, 0) is 6.07 Å². The van der Waals surface area contributed by atoms with E-state index in [0.717, 1.165) is 12.3 Å². The van der Waals surface area contributed by atoms with Gasteiger partial charge < -0.3 is 10.1 Å². The zero-order chi connectivity index (χ0) is 15.6. The van der Waals surface area contributed by atoms with Gasteiger partial charge in [0.25, 0.3) is 5.91 Å². The van der Waals surface area contributed by atoms with Crippen LogP contribution >= 0.6 is 0 Å². The molecule has 1 N–H and O–H groups in total. The van der Waals surface area contributed by atoms with Crippen LogP contribution in [0.1, 0.15) is 27.5 Å². The number of halogens is 2. The lowest BCUT2D eigenvalue weighted by Crippen LogP contribution is -2.20. The Morgan fingerprint density at radius 3 is 2.71 bits per heavy atom. The molecule has 0 atom stereocenters. The number of alkyl halides is 2. The molecular weight excluding hydrogens is 288 g/mol. The third-order valence-corrected chi connectivity index (χ3v) is 2.65. The summed E-state index contributed by atoms with van der Waals surface area (Å²) in [5.41, 5.74) is -0.296. The Labute approximate surface area is 117 Å². The monoisotopic (exact) mass is 299 g/mol. The molecule has 8 nitrogen and oxygen atoms in total. The van der Waals surface area contributed by atoms with Gasteiger partial charge >= 0.3 is 12.5 Å². The topological polar surface area (TPSA) is 91.0 Å². The van der Waals surface area contributed by atoms with Gasteiger partial charge in [0.1, 0.15) is 5.69 Å². The van der Waals surface area contributed by atoms with E-state index < -0.39 is 18.4 Å². The molecule has 0 fully saturated rings. The van der Waals surface area contributed by atoms with Crippen molar-refractivity contribution in [2.75, 3.05) is 12.4 Å². The first kappa shape index (κ1) is 14.6. The number of aromatic nitrogens is 4. The van der Waals surface area contributed by atoms with Gasteiger partial charge in [-0.2, -0.15) is 23.7 Å². The molecule has 0 unspecified atom stereocenters. The summed E-state index contributed by atoms with van der Waals surface area (Å²) >= 11 is 0. The molecule has 0 aromatic carbocycles. The Hall–Kier alpha value is -2.78. The number of methoxy groups -OCH3 is 1. The van der Waals surface area contributed by atoms with E-state index in [1.165, 1.54) is 25.0 Å². The second-order valence-electron chi connectivity index (χ2n) is 3.91. The quantitative estimate of drug-likeness (QED) is 0.852. The number of carbonyl (C=O) groups is 2. The maximum atomic E-state index is 12.7. The first-order valence-electron chi connectivity index (χ1n) is 5.69. The van der Waals surface area contributed by atoms with Gasteiger partial charge in [0.15, 0.2) is 5.69 Å². The average Bonchev–Trinajstić information content (AvgIpc) is 3.05. The van der Waals surface area contributed by atoms with Crippen LogP contribution < -0.4 is 5.32 Å². The van der Waals surface area contributed by atoms with Gasteiger partial charge in [0, 0.05) is 13.2 Å². The Bertz CT molecular complexity index is 679. The average molecular weight is 299 g/mol. The summed E-state index contributed by atoms with van der Waals surface area (Å²) in [6, 6.07) is 1.13. The van der Waals surface area contributed by atoms with Crippen molar-refractivity contribution in [3.63, 3.8) is 0 Å². The molecule has 2 rings (SSSR count). The molecule has 0 saturated heterocycles. The highest BCUT2D eigenvalue weighted by atomic mass is 19.3. The van der Waals surface area contributed by atoms with Gasteiger partial charge in [0.2, 0.25) is 0 Å². The minimum atomic E-state index is -2.95. The van der Waals surface area contributed by atoms with E-state index in [4.69, 9.17) is 0 Å². The van der Waals surface area contributed by atoms with Crippen molar-refractivity contribution < 1.29 is 23.1 Å². The summed E-state index contributed by atoms with van der Waals surface area (Å²) in [7, 11) is 2.65. The third-order valence-electron chi connectivity index (χ3n) is 2.65. The second kappa shape index (κ2) is 5.69. The normalized spacial score (nSPS) is 10.7. The number of esters is 1. The van der Waals surface area contributed by atoms with Crippen LogP contribution in [0.2, 0.25) is 0 Å². The molecule has 112 valence electrons. The first-order valence-corrected chi connectivity index (χ1v) is 5.69. The second-order valence-corrected chi connectivity index (χ2v) is 3.91. The number of carbonyl (C=O) groups excluding carboxylic acids is 2. The van der Waals surface area contributed by atoms with Crippen LogP contribution in [0, 0.1) is 0 Å². The van der Waals surface area contributed by atoms with Crippen LogP contribution in [0.3, 0.4) is 0 Å². The molecule has 21 heavy (non-hydrogen) atoms. The zero-order valence-corrected chi connectivity index (χ0v) is 11.1. The van der Waals surface area contributed by atoms with E-state index in [9.17, 15) is 18.4 Å². The number of hydrogen-bond donors (Lipinski definition) is 1. The molecule has 1 amide bonds. The molecule has 2 aromatic heterocycles. The maximum absolute atomic E-state index is 12.7. The van der Waals surface area contributed by atoms with E-state index in [1.54, 1.807) is 0 Å². The Morgan fingerprint density at radius 2 is 2.10 bits per heavy atom. The molecule has 0 aliphatic carbocycles. The molecule has 2 aromatic rings. The van der Waals surface area contributed by atoms with Crippen molar-refractivity contribution in [3.8, 4) is 0 Å². The summed E-state index contributed by atoms with van der Waals surface area (Å²) in [4.78, 5) is 23.6. The lowest BCUT2D eigenvalue weighted by molar-refractivity contribution is 0.0519. The minimum absolute atomic E-state index is 0.00559. The molecule has 0 spiro atoms. The number of anilines is 1. The van der Waals surface area contributed by atoms with Gasteiger partial charge in [-0.25, -0.2) is 4.79 Å². The Kier molecular flexibility index (Phi) is 3.96. The number of rotatable bonds is 4. The third kappa shape index (κ3) is 2.73. The largest absolute Gasteiger partial charge is 0.464 e. The van der Waals surface area contributed by atoms with E-state index in [2.05, 4.69) is 20.3 Å². The molecule has 10 heteroatoms. The first-order chi connectivity index (χ1) is 9.95. The van der Waals surface area contributed by atoms with Crippen LogP contribution in [-0.4, -0.2) is 38.5 Å². The van der Waals surface area contributed by atoms with Crippen molar-refractivity contribution in [1.29, 1.82) is 0 Å². The minimum Gasteiger partial charge on any atom is -0.464 e. The summed E-state index contributed by atoms with van der Waals surface area (Å²) in [6.45, 7) is -2.95. The van der Waals surface area contributed by atoms with E-state index >= 15 is 0 Å². The van der Waals surface area contributed by atoms with Crippen molar-refractivity contribution in [2.45, 2.75) is 6.55 Å². The predicted octanol–water partition coefficient (Wildman–Crippen LogP) is 1.05. The van der Waals surface area contributed by atoms with Crippen LogP contribution in [-0.2, 0) is 11.8 Å². The SMILES string of the molecule is COC(=O)c1c(NC(=O)c2ccnn2C(F)F)cnn1C. The van der Waals surface area contributed by atoms with Crippen LogP contribution in [0.25, 0.3) is 0 Å². The predicted molar refractivity (Wildman–Crippen MR) is 66.0 cm³/mol. The number of amides is 1. The Morgan fingerprint density at radius 1 is 1.38 bits per heavy atom.